The average molecular weight is 497 g/mol. The topological polar surface area (TPSA) is 66.5 Å². The van der Waals surface area contributed by atoms with Gasteiger partial charge in [-0.2, -0.15) is 0 Å². The molecule has 1 aliphatic carbocycles. The monoisotopic (exact) mass is 496 g/mol. The van der Waals surface area contributed by atoms with E-state index in [9.17, 15) is 13.2 Å². The van der Waals surface area contributed by atoms with Gasteiger partial charge in [0.2, 0.25) is 5.91 Å². The van der Waals surface area contributed by atoms with Crippen molar-refractivity contribution >= 4 is 33.2 Å². The summed E-state index contributed by atoms with van der Waals surface area (Å²) in [5, 5.41) is 3.50. The van der Waals surface area contributed by atoms with Crippen LogP contribution in [-0.2, 0) is 27.7 Å². The van der Waals surface area contributed by atoms with Crippen LogP contribution in [0.2, 0.25) is 5.02 Å². The van der Waals surface area contributed by atoms with E-state index in [2.05, 4.69) is 23.5 Å². The van der Waals surface area contributed by atoms with Crippen molar-refractivity contribution in [2.75, 3.05) is 10.8 Å². The quantitative estimate of drug-likeness (QED) is 0.436. The molecule has 0 radical (unpaired) electrons. The van der Waals surface area contributed by atoms with Crippen LogP contribution in [0, 0.1) is 0 Å². The average Bonchev–Trinajstić information content (AvgIpc) is 2.86. The predicted molar refractivity (Wildman–Crippen MR) is 137 cm³/mol. The van der Waals surface area contributed by atoms with Gasteiger partial charge in [0.25, 0.3) is 10.0 Å². The van der Waals surface area contributed by atoms with Crippen molar-refractivity contribution in [3.63, 3.8) is 0 Å². The van der Waals surface area contributed by atoms with Crippen LogP contribution < -0.4 is 9.62 Å². The number of nitrogens with zero attached hydrogens (tertiary/aromatic N) is 1. The number of aryl methyl sites for hydroxylation is 2. The highest BCUT2D eigenvalue weighted by atomic mass is 35.5. The molecule has 3 aromatic rings. The number of anilines is 1. The summed E-state index contributed by atoms with van der Waals surface area (Å²) < 4.78 is 28.1. The minimum Gasteiger partial charge on any atom is -0.348 e. The van der Waals surface area contributed by atoms with Crippen LogP contribution >= 0.6 is 11.6 Å². The summed E-state index contributed by atoms with van der Waals surface area (Å²) in [5.41, 5.74) is 4.23. The second-order valence-corrected chi connectivity index (χ2v) is 10.9. The van der Waals surface area contributed by atoms with Crippen molar-refractivity contribution in [1.29, 1.82) is 0 Å². The summed E-state index contributed by atoms with van der Waals surface area (Å²) in [6.45, 7) is 1.69. The lowest BCUT2D eigenvalue weighted by Crippen LogP contribution is -2.42. The van der Waals surface area contributed by atoms with Crippen LogP contribution in [0.1, 0.15) is 48.9 Å². The summed E-state index contributed by atoms with van der Waals surface area (Å²) in [4.78, 5) is 13.2. The van der Waals surface area contributed by atoms with Crippen LogP contribution in [0.4, 0.5) is 5.69 Å². The molecule has 0 bridgehead atoms. The number of para-hydroxylation sites is 1. The Morgan fingerprint density at radius 2 is 1.65 bits per heavy atom. The standard InChI is InChI=1S/C27H29ClN2O3S/c1-2-26(22-13-12-20-8-6-7-9-21(20)18-22)29-27(31)19-30(24-10-4-3-5-11-24)34(32,33)25-16-14-23(28)15-17-25/h3-5,10-18,26H,2,6-9,19H2,1H3,(H,29,31)/t26-/m1/s1. The Bertz CT molecular complexity index is 1240. The first-order chi connectivity index (χ1) is 16.4. The maximum Gasteiger partial charge on any atom is 0.264 e. The molecule has 5 nitrogen and oxygen atoms in total. The summed E-state index contributed by atoms with van der Waals surface area (Å²) in [5.74, 6) is -0.356. The van der Waals surface area contributed by atoms with Crippen LogP contribution in [0.3, 0.4) is 0 Å². The molecule has 7 heteroatoms. The number of carbonyl (C=O) groups is 1. The fourth-order valence-corrected chi connectivity index (χ4v) is 5.95. The van der Waals surface area contributed by atoms with E-state index in [0.29, 0.717) is 17.1 Å². The molecule has 178 valence electrons. The number of carbonyl (C=O) groups excluding carboxylic acids is 1. The number of hydrogen-bond acceptors (Lipinski definition) is 3. The Morgan fingerprint density at radius 1 is 0.971 bits per heavy atom. The number of halogens is 1. The van der Waals surface area contributed by atoms with Crippen molar-refractivity contribution in [3.05, 3.63) is 94.5 Å². The molecular weight excluding hydrogens is 468 g/mol. The Labute approximate surface area is 206 Å². The Kier molecular flexibility index (Phi) is 7.59. The fourth-order valence-electron chi connectivity index (χ4n) is 4.40. The normalized spacial score (nSPS) is 14.2. The van der Waals surface area contributed by atoms with E-state index < -0.39 is 10.0 Å². The van der Waals surface area contributed by atoms with Gasteiger partial charge in [-0.05, 0) is 85.2 Å². The zero-order chi connectivity index (χ0) is 24.1. The summed E-state index contributed by atoms with van der Waals surface area (Å²) in [7, 11) is -3.97. The van der Waals surface area contributed by atoms with Gasteiger partial charge in [0, 0.05) is 5.02 Å². The molecule has 1 atom stereocenters. The Hall–Kier alpha value is -2.83. The third kappa shape index (κ3) is 5.45. The molecular formula is C27H29ClN2O3S. The van der Waals surface area contributed by atoms with Gasteiger partial charge in [0.1, 0.15) is 6.54 Å². The molecule has 0 heterocycles. The van der Waals surface area contributed by atoms with Crippen molar-refractivity contribution in [2.24, 2.45) is 0 Å². The number of nitrogens with one attached hydrogen (secondary N) is 1. The lowest BCUT2D eigenvalue weighted by molar-refractivity contribution is -0.120. The molecule has 34 heavy (non-hydrogen) atoms. The van der Waals surface area contributed by atoms with E-state index in [-0.39, 0.29) is 23.4 Å². The molecule has 3 aromatic carbocycles. The maximum atomic E-state index is 13.5. The number of fused-ring (bicyclic) bond motifs is 1. The van der Waals surface area contributed by atoms with E-state index in [1.54, 1.807) is 30.3 Å². The zero-order valence-electron chi connectivity index (χ0n) is 19.2. The van der Waals surface area contributed by atoms with Crippen molar-refractivity contribution in [3.8, 4) is 0 Å². The van der Waals surface area contributed by atoms with E-state index >= 15 is 0 Å². The zero-order valence-corrected chi connectivity index (χ0v) is 20.8. The smallest absolute Gasteiger partial charge is 0.264 e. The van der Waals surface area contributed by atoms with Gasteiger partial charge in [-0.15, -0.1) is 0 Å². The molecule has 0 fully saturated rings. The first-order valence-corrected chi connectivity index (χ1v) is 13.4. The minimum atomic E-state index is -3.97. The third-order valence-electron chi connectivity index (χ3n) is 6.25. The molecule has 1 amide bonds. The van der Waals surface area contributed by atoms with Gasteiger partial charge in [-0.25, -0.2) is 8.42 Å². The molecule has 0 spiro atoms. The molecule has 1 N–H and O–H groups in total. The molecule has 0 unspecified atom stereocenters. The van der Waals surface area contributed by atoms with Gasteiger partial charge >= 0.3 is 0 Å². The van der Waals surface area contributed by atoms with Crippen LogP contribution in [-0.4, -0.2) is 20.9 Å². The lowest BCUT2D eigenvalue weighted by Gasteiger charge is -2.26. The first-order valence-electron chi connectivity index (χ1n) is 11.6. The second kappa shape index (κ2) is 10.6. The van der Waals surface area contributed by atoms with E-state index in [0.717, 1.165) is 22.7 Å². The Morgan fingerprint density at radius 3 is 2.32 bits per heavy atom. The summed E-state index contributed by atoms with van der Waals surface area (Å²) in [6.07, 6.45) is 5.29. The van der Waals surface area contributed by atoms with Crippen molar-refractivity contribution < 1.29 is 13.2 Å². The third-order valence-corrected chi connectivity index (χ3v) is 8.29. The van der Waals surface area contributed by atoms with Crippen LogP contribution in [0.15, 0.2) is 77.7 Å². The molecule has 0 saturated carbocycles. The van der Waals surface area contributed by atoms with E-state index in [4.69, 9.17) is 11.6 Å². The van der Waals surface area contributed by atoms with Crippen LogP contribution in [0.25, 0.3) is 0 Å². The minimum absolute atomic E-state index is 0.0790. The van der Waals surface area contributed by atoms with Gasteiger partial charge < -0.3 is 5.32 Å². The molecule has 0 aromatic heterocycles. The van der Waals surface area contributed by atoms with E-state index in [1.165, 1.54) is 48.2 Å². The maximum absolute atomic E-state index is 13.5. The molecule has 0 saturated heterocycles. The molecule has 0 aliphatic heterocycles. The molecule has 4 rings (SSSR count). The van der Waals surface area contributed by atoms with Gasteiger partial charge in [0.15, 0.2) is 0 Å². The number of sulfonamides is 1. The highest BCUT2D eigenvalue weighted by Crippen LogP contribution is 2.27. The van der Waals surface area contributed by atoms with Gasteiger partial charge in [-0.3, -0.25) is 9.10 Å². The summed E-state index contributed by atoms with van der Waals surface area (Å²) in [6, 6.07) is 20.9. The largest absolute Gasteiger partial charge is 0.348 e. The number of hydrogen-bond donors (Lipinski definition) is 1. The predicted octanol–water partition coefficient (Wildman–Crippen LogP) is 5.68. The number of benzene rings is 3. The second-order valence-electron chi connectivity index (χ2n) is 8.56. The fraction of sp³-hybridized carbons (Fsp3) is 0.296. The summed E-state index contributed by atoms with van der Waals surface area (Å²) >= 11 is 5.95. The lowest BCUT2D eigenvalue weighted by atomic mass is 9.89. The molecule has 1 aliphatic rings. The highest BCUT2D eigenvalue weighted by molar-refractivity contribution is 7.92. The number of amides is 1. The van der Waals surface area contributed by atoms with Crippen molar-refractivity contribution in [2.45, 2.75) is 50.0 Å². The van der Waals surface area contributed by atoms with Gasteiger partial charge in [-0.1, -0.05) is 54.9 Å². The van der Waals surface area contributed by atoms with Crippen LogP contribution in [0.5, 0.6) is 0 Å². The SMILES string of the molecule is CC[C@@H](NC(=O)CN(c1ccccc1)S(=O)(=O)c1ccc(Cl)cc1)c1ccc2c(c1)CCCC2. The highest BCUT2D eigenvalue weighted by Gasteiger charge is 2.28. The Balaban J connectivity index is 1.57. The van der Waals surface area contributed by atoms with Gasteiger partial charge in [0.05, 0.1) is 16.6 Å². The number of rotatable bonds is 8. The van der Waals surface area contributed by atoms with Crippen molar-refractivity contribution in [1.82, 2.24) is 5.32 Å². The van der Waals surface area contributed by atoms with E-state index in [1.807, 2.05) is 6.92 Å². The first kappa shape index (κ1) is 24.3.